The minimum atomic E-state index is -0.809. The van der Waals surface area contributed by atoms with Gasteiger partial charge in [0.1, 0.15) is 0 Å². The number of carbonyl (C=O) groups is 2. The van der Waals surface area contributed by atoms with E-state index in [0.29, 0.717) is 12.1 Å². The van der Waals surface area contributed by atoms with Crippen molar-refractivity contribution >= 4 is 11.9 Å². The van der Waals surface area contributed by atoms with Crippen molar-refractivity contribution in [1.29, 1.82) is 0 Å². The van der Waals surface area contributed by atoms with Crippen LogP contribution in [0.5, 0.6) is 0 Å². The molecule has 1 aromatic rings. The highest BCUT2D eigenvalue weighted by Gasteiger charge is 2.19. The summed E-state index contributed by atoms with van der Waals surface area (Å²) >= 11 is 0. The number of allylic oxidation sites excluding steroid dienone is 1. The first-order valence-corrected chi connectivity index (χ1v) is 10.7. The Morgan fingerprint density at radius 2 is 1.93 bits per heavy atom. The summed E-state index contributed by atoms with van der Waals surface area (Å²) in [5.74, 6) is -0.723. The van der Waals surface area contributed by atoms with Crippen LogP contribution >= 0.6 is 0 Å². The molecule has 3 rings (SSSR count). The van der Waals surface area contributed by atoms with Crippen LogP contribution in [0, 0.1) is 0 Å². The number of rotatable bonds is 8. The third kappa shape index (κ3) is 6.98. The molecule has 158 valence electrons. The van der Waals surface area contributed by atoms with Crippen LogP contribution < -0.4 is 5.32 Å². The number of esters is 1. The third-order valence-corrected chi connectivity index (χ3v) is 5.48. The molecule has 1 amide bonds. The minimum Gasteiger partial charge on any atom is -0.449 e. The van der Waals surface area contributed by atoms with Crippen LogP contribution in [0.2, 0.25) is 0 Å². The van der Waals surface area contributed by atoms with Crippen LogP contribution in [-0.4, -0.2) is 55.7 Å². The van der Waals surface area contributed by atoms with Crippen molar-refractivity contribution in [2.45, 2.75) is 51.7 Å². The molecule has 2 aliphatic rings. The van der Waals surface area contributed by atoms with E-state index in [1.54, 1.807) is 19.1 Å². The first-order chi connectivity index (χ1) is 14.1. The van der Waals surface area contributed by atoms with E-state index in [2.05, 4.69) is 16.3 Å². The number of ether oxygens (including phenoxy) is 2. The standard InChI is InChI=1S/C23H32N2O4/c1-18(22(26)24-12-11-19-5-3-2-4-6-19)29-23(27)21-9-7-20(8-10-21)17-25-13-15-28-16-14-25/h5,7-10,18H,2-4,6,11-17H2,1H3,(H,24,26)/t18-/m1/s1. The molecule has 1 N–H and O–H groups in total. The van der Waals surface area contributed by atoms with Crippen molar-refractivity contribution in [3.8, 4) is 0 Å². The average molecular weight is 401 g/mol. The second-order valence-electron chi connectivity index (χ2n) is 7.78. The Hall–Kier alpha value is -2.18. The molecule has 0 saturated carbocycles. The van der Waals surface area contributed by atoms with Crippen LogP contribution in [0.4, 0.5) is 0 Å². The summed E-state index contributed by atoms with van der Waals surface area (Å²) < 4.78 is 10.7. The van der Waals surface area contributed by atoms with Crippen molar-refractivity contribution in [2.24, 2.45) is 0 Å². The van der Waals surface area contributed by atoms with Gasteiger partial charge < -0.3 is 14.8 Å². The van der Waals surface area contributed by atoms with Crippen LogP contribution in [0.3, 0.4) is 0 Å². The maximum atomic E-state index is 12.3. The van der Waals surface area contributed by atoms with Gasteiger partial charge in [-0.3, -0.25) is 9.69 Å². The lowest BCUT2D eigenvalue weighted by Crippen LogP contribution is -2.36. The summed E-state index contributed by atoms with van der Waals surface area (Å²) in [6, 6.07) is 7.40. The van der Waals surface area contributed by atoms with Gasteiger partial charge >= 0.3 is 5.97 Å². The Bertz CT molecular complexity index is 708. The molecular formula is C23H32N2O4. The molecule has 1 heterocycles. The zero-order valence-electron chi connectivity index (χ0n) is 17.3. The Morgan fingerprint density at radius 3 is 2.62 bits per heavy atom. The Morgan fingerprint density at radius 1 is 1.17 bits per heavy atom. The second kappa shape index (κ2) is 11.1. The van der Waals surface area contributed by atoms with Gasteiger partial charge in [-0.15, -0.1) is 0 Å². The smallest absolute Gasteiger partial charge is 0.338 e. The van der Waals surface area contributed by atoms with Gasteiger partial charge in [-0.05, 0) is 56.7 Å². The van der Waals surface area contributed by atoms with Crippen LogP contribution in [0.25, 0.3) is 0 Å². The third-order valence-electron chi connectivity index (χ3n) is 5.48. The first-order valence-electron chi connectivity index (χ1n) is 10.7. The number of benzene rings is 1. The van der Waals surface area contributed by atoms with E-state index in [0.717, 1.165) is 57.7 Å². The van der Waals surface area contributed by atoms with E-state index >= 15 is 0 Å². The van der Waals surface area contributed by atoms with Gasteiger partial charge in [0, 0.05) is 26.2 Å². The first kappa shape index (κ1) is 21.5. The van der Waals surface area contributed by atoms with Crippen LogP contribution in [0.1, 0.15) is 54.9 Å². The van der Waals surface area contributed by atoms with E-state index in [1.165, 1.54) is 18.4 Å². The van der Waals surface area contributed by atoms with E-state index in [4.69, 9.17) is 9.47 Å². The monoisotopic (exact) mass is 400 g/mol. The Labute approximate surface area is 173 Å². The van der Waals surface area contributed by atoms with Gasteiger partial charge in [-0.25, -0.2) is 4.79 Å². The number of nitrogens with one attached hydrogen (secondary N) is 1. The summed E-state index contributed by atoms with van der Waals surface area (Å²) in [5, 5.41) is 2.87. The number of hydrogen-bond donors (Lipinski definition) is 1. The van der Waals surface area contributed by atoms with Crippen molar-refractivity contribution in [3.05, 3.63) is 47.0 Å². The molecule has 6 heteroatoms. The number of hydrogen-bond acceptors (Lipinski definition) is 5. The zero-order valence-corrected chi connectivity index (χ0v) is 17.3. The molecule has 0 bridgehead atoms. The minimum absolute atomic E-state index is 0.251. The highest BCUT2D eigenvalue weighted by atomic mass is 16.5. The van der Waals surface area contributed by atoms with Crippen molar-refractivity contribution in [2.75, 3.05) is 32.8 Å². The van der Waals surface area contributed by atoms with Gasteiger partial charge in [0.2, 0.25) is 0 Å². The van der Waals surface area contributed by atoms with Crippen LogP contribution in [-0.2, 0) is 20.8 Å². The molecule has 0 unspecified atom stereocenters. The SMILES string of the molecule is C[C@@H](OC(=O)c1ccc(CN2CCOCC2)cc1)C(=O)NCCC1=CCCCC1. The van der Waals surface area contributed by atoms with Gasteiger partial charge in [0.25, 0.3) is 5.91 Å². The molecule has 0 radical (unpaired) electrons. The lowest BCUT2D eigenvalue weighted by molar-refractivity contribution is -0.129. The quantitative estimate of drug-likeness (QED) is 0.537. The highest BCUT2D eigenvalue weighted by molar-refractivity contribution is 5.92. The molecule has 6 nitrogen and oxygen atoms in total. The largest absolute Gasteiger partial charge is 0.449 e. The molecule has 1 atom stereocenters. The molecule has 0 spiro atoms. The molecule has 0 aromatic heterocycles. The molecule has 1 fully saturated rings. The summed E-state index contributed by atoms with van der Waals surface area (Å²) in [5.41, 5.74) is 3.02. The van der Waals surface area contributed by atoms with Crippen LogP contribution in [0.15, 0.2) is 35.9 Å². The fourth-order valence-corrected chi connectivity index (χ4v) is 3.67. The van der Waals surface area contributed by atoms with Crippen molar-refractivity contribution in [3.63, 3.8) is 0 Å². The van der Waals surface area contributed by atoms with Gasteiger partial charge in [0.05, 0.1) is 18.8 Å². The average Bonchev–Trinajstić information content (AvgIpc) is 2.75. The van der Waals surface area contributed by atoms with Crippen molar-refractivity contribution in [1.82, 2.24) is 10.2 Å². The summed E-state index contributed by atoms with van der Waals surface area (Å²) in [6.07, 6.45) is 7.11. The molecular weight excluding hydrogens is 368 g/mol. The fourth-order valence-electron chi connectivity index (χ4n) is 3.67. The predicted molar refractivity (Wildman–Crippen MR) is 112 cm³/mol. The summed E-state index contributed by atoms with van der Waals surface area (Å²) in [4.78, 5) is 26.9. The van der Waals surface area contributed by atoms with E-state index < -0.39 is 12.1 Å². The summed E-state index contributed by atoms with van der Waals surface area (Å²) in [7, 11) is 0. The van der Waals surface area contributed by atoms with E-state index in [9.17, 15) is 9.59 Å². The highest BCUT2D eigenvalue weighted by Crippen LogP contribution is 2.19. The van der Waals surface area contributed by atoms with Gasteiger partial charge in [0.15, 0.2) is 6.10 Å². The fraction of sp³-hybridized carbons (Fsp3) is 0.565. The second-order valence-corrected chi connectivity index (χ2v) is 7.78. The van der Waals surface area contributed by atoms with Gasteiger partial charge in [-0.2, -0.15) is 0 Å². The van der Waals surface area contributed by atoms with Crippen molar-refractivity contribution < 1.29 is 19.1 Å². The normalized spacial score (nSPS) is 18.6. The zero-order chi connectivity index (χ0) is 20.5. The lowest BCUT2D eigenvalue weighted by Gasteiger charge is -2.26. The van der Waals surface area contributed by atoms with Gasteiger partial charge in [-0.1, -0.05) is 23.8 Å². The number of amides is 1. The number of carbonyl (C=O) groups excluding carboxylic acids is 2. The summed E-state index contributed by atoms with van der Waals surface area (Å²) in [6.45, 7) is 6.42. The topological polar surface area (TPSA) is 67.9 Å². The maximum Gasteiger partial charge on any atom is 0.338 e. The Balaban J connectivity index is 1.41. The molecule has 1 saturated heterocycles. The maximum absolute atomic E-state index is 12.3. The van der Waals surface area contributed by atoms with E-state index in [1.807, 2.05) is 12.1 Å². The number of nitrogens with zero attached hydrogens (tertiary/aromatic N) is 1. The molecule has 1 aromatic carbocycles. The molecule has 1 aliphatic heterocycles. The number of morpholine rings is 1. The Kier molecular flexibility index (Phi) is 8.25. The predicted octanol–water partition coefficient (Wildman–Crippen LogP) is 3.07. The van der Waals surface area contributed by atoms with E-state index in [-0.39, 0.29) is 5.91 Å². The lowest BCUT2D eigenvalue weighted by atomic mass is 9.97. The molecule has 1 aliphatic carbocycles. The molecule has 29 heavy (non-hydrogen) atoms.